The fraction of sp³-hybridized carbons (Fsp3) is 0.625. The first-order valence-electron chi connectivity index (χ1n) is 4.71. The summed E-state index contributed by atoms with van der Waals surface area (Å²) in [6.45, 7) is 2.79. The Labute approximate surface area is 86.1 Å². The lowest BCUT2D eigenvalue weighted by Crippen LogP contribution is -2.36. The highest BCUT2D eigenvalue weighted by molar-refractivity contribution is 5.69. The molecule has 0 spiro atoms. The van der Waals surface area contributed by atoms with Gasteiger partial charge in [-0.2, -0.15) is 4.98 Å². The first-order chi connectivity index (χ1) is 7.25. The van der Waals surface area contributed by atoms with Gasteiger partial charge in [-0.3, -0.25) is 9.89 Å². The number of ether oxygens (including phenoxy) is 1. The summed E-state index contributed by atoms with van der Waals surface area (Å²) in [7, 11) is 0. The van der Waals surface area contributed by atoms with Crippen molar-refractivity contribution in [3.05, 3.63) is 5.82 Å². The van der Waals surface area contributed by atoms with E-state index in [-0.39, 0.29) is 6.42 Å². The summed E-state index contributed by atoms with van der Waals surface area (Å²) in [5.41, 5.74) is 0. The molecule has 1 aromatic heterocycles. The molecule has 0 radical (unpaired) electrons. The zero-order valence-corrected chi connectivity index (χ0v) is 8.14. The number of hydrogen-bond acceptors (Lipinski definition) is 5. The van der Waals surface area contributed by atoms with Crippen molar-refractivity contribution >= 4 is 11.9 Å². The minimum absolute atomic E-state index is 0.128. The summed E-state index contributed by atoms with van der Waals surface area (Å²) < 4.78 is 5.19. The number of aliphatic carboxylic acids is 1. The molecule has 1 aliphatic heterocycles. The Morgan fingerprint density at radius 1 is 1.53 bits per heavy atom. The molecular formula is C8H12N4O3. The van der Waals surface area contributed by atoms with Crippen LogP contribution in [0.4, 0.5) is 5.95 Å². The Kier molecular flexibility index (Phi) is 2.82. The molecule has 0 unspecified atom stereocenters. The van der Waals surface area contributed by atoms with Crippen LogP contribution in [0.1, 0.15) is 5.82 Å². The van der Waals surface area contributed by atoms with Crippen LogP contribution in [0, 0.1) is 0 Å². The minimum Gasteiger partial charge on any atom is -0.481 e. The van der Waals surface area contributed by atoms with E-state index >= 15 is 0 Å². The molecule has 15 heavy (non-hydrogen) atoms. The highest BCUT2D eigenvalue weighted by atomic mass is 16.5. The number of carboxylic acid groups (broad SMARTS) is 1. The van der Waals surface area contributed by atoms with Gasteiger partial charge in [0.05, 0.1) is 13.2 Å². The van der Waals surface area contributed by atoms with Crippen LogP contribution in [0.2, 0.25) is 0 Å². The van der Waals surface area contributed by atoms with Crippen molar-refractivity contribution in [1.29, 1.82) is 0 Å². The largest absolute Gasteiger partial charge is 0.481 e. The van der Waals surface area contributed by atoms with Gasteiger partial charge in [-0.15, -0.1) is 5.10 Å². The standard InChI is InChI=1S/C8H12N4O3/c13-7(14)5-6-9-8(11-10-6)12-1-3-15-4-2-12/h1-5H2,(H,13,14)(H,9,10,11). The molecule has 0 amide bonds. The molecule has 1 saturated heterocycles. The van der Waals surface area contributed by atoms with Crippen LogP contribution in [-0.4, -0.2) is 52.6 Å². The van der Waals surface area contributed by atoms with E-state index in [1.807, 2.05) is 4.90 Å². The molecule has 1 fully saturated rings. The van der Waals surface area contributed by atoms with Crippen molar-refractivity contribution in [2.75, 3.05) is 31.2 Å². The number of aromatic amines is 1. The molecular weight excluding hydrogens is 200 g/mol. The van der Waals surface area contributed by atoms with E-state index < -0.39 is 5.97 Å². The Hall–Kier alpha value is -1.63. The van der Waals surface area contributed by atoms with Crippen molar-refractivity contribution < 1.29 is 14.6 Å². The Morgan fingerprint density at radius 3 is 2.93 bits per heavy atom. The molecule has 0 aliphatic carbocycles. The number of H-pyrrole nitrogens is 1. The van der Waals surface area contributed by atoms with Crippen molar-refractivity contribution in [1.82, 2.24) is 15.2 Å². The SMILES string of the molecule is O=C(O)Cc1nc(N2CCOCC2)n[nH]1. The zero-order chi connectivity index (χ0) is 10.7. The van der Waals surface area contributed by atoms with Crippen molar-refractivity contribution in [3.63, 3.8) is 0 Å². The van der Waals surface area contributed by atoms with Crippen LogP contribution >= 0.6 is 0 Å². The summed E-state index contributed by atoms with van der Waals surface area (Å²) >= 11 is 0. The second-order valence-electron chi connectivity index (χ2n) is 3.25. The van der Waals surface area contributed by atoms with Crippen molar-refractivity contribution in [2.24, 2.45) is 0 Å². The molecule has 7 heteroatoms. The third-order valence-corrected chi connectivity index (χ3v) is 2.13. The van der Waals surface area contributed by atoms with Gasteiger partial charge in [0.1, 0.15) is 12.2 Å². The van der Waals surface area contributed by atoms with E-state index in [1.54, 1.807) is 0 Å². The lowest BCUT2D eigenvalue weighted by molar-refractivity contribution is -0.136. The van der Waals surface area contributed by atoms with Gasteiger partial charge in [0.25, 0.3) is 0 Å². The van der Waals surface area contributed by atoms with Crippen LogP contribution in [0.5, 0.6) is 0 Å². The fourth-order valence-electron chi connectivity index (χ4n) is 1.41. The summed E-state index contributed by atoms with van der Waals surface area (Å²) in [6, 6.07) is 0. The maximum absolute atomic E-state index is 10.4. The van der Waals surface area contributed by atoms with E-state index in [9.17, 15) is 4.79 Å². The highest BCUT2D eigenvalue weighted by Gasteiger charge is 2.16. The van der Waals surface area contributed by atoms with Gasteiger partial charge in [0.2, 0.25) is 5.95 Å². The second kappa shape index (κ2) is 4.26. The lowest BCUT2D eigenvalue weighted by Gasteiger charge is -2.25. The average Bonchev–Trinajstić information content (AvgIpc) is 2.67. The zero-order valence-electron chi connectivity index (χ0n) is 8.14. The van der Waals surface area contributed by atoms with E-state index in [2.05, 4.69) is 15.2 Å². The molecule has 2 heterocycles. The topological polar surface area (TPSA) is 91.3 Å². The third kappa shape index (κ3) is 2.44. The number of anilines is 1. The molecule has 0 saturated carbocycles. The van der Waals surface area contributed by atoms with Crippen molar-refractivity contribution in [2.45, 2.75) is 6.42 Å². The average molecular weight is 212 g/mol. The first kappa shape index (κ1) is 9.91. The van der Waals surface area contributed by atoms with E-state index in [4.69, 9.17) is 9.84 Å². The molecule has 0 aromatic carbocycles. The van der Waals surface area contributed by atoms with Gasteiger partial charge in [0.15, 0.2) is 0 Å². The van der Waals surface area contributed by atoms with E-state index in [0.717, 1.165) is 13.1 Å². The molecule has 82 valence electrons. The Balaban J connectivity index is 2.02. The van der Waals surface area contributed by atoms with Gasteiger partial charge in [-0.25, -0.2) is 0 Å². The summed E-state index contributed by atoms with van der Waals surface area (Å²) in [4.78, 5) is 16.5. The van der Waals surface area contributed by atoms with Gasteiger partial charge in [0, 0.05) is 13.1 Å². The van der Waals surface area contributed by atoms with E-state index in [1.165, 1.54) is 0 Å². The summed E-state index contributed by atoms with van der Waals surface area (Å²) in [5.74, 6) is 0.0122. The van der Waals surface area contributed by atoms with Crippen LogP contribution < -0.4 is 4.90 Å². The monoisotopic (exact) mass is 212 g/mol. The summed E-state index contributed by atoms with van der Waals surface area (Å²) in [5, 5.41) is 15.1. The molecule has 7 nitrogen and oxygen atoms in total. The Morgan fingerprint density at radius 2 is 2.27 bits per heavy atom. The van der Waals surface area contributed by atoms with Gasteiger partial charge in [-0.05, 0) is 0 Å². The molecule has 0 atom stereocenters. The van der Waals surface area contributed by atoms with Crippen LogP contribution in [-0.2, 0) is 16.0 Å². The minimum atomic E-state index is -0.917. The Bertz CT molecular complexity index is 345. The normalized spacial score (nSPS) is 16.7. The number of carbonyl (C=O) groups is 1. The number of rotatable bonds is 3. The number of nitrogens with zero attached hydrogens (tertiary/aromatic N) is 3. The predicted octanol–water partition coefficient (Wildman–Crippen LogP) is -0.732. The number of morpholine rings is 1. The van der Waals surface area contributed by atoms with Crippen LogP contribution in [0.3, 0.4) is 0 Å². The number of nitrogens with one attached hydrogen (secondary N) is 1. The highest BCUT2D eigenvalue weighted by Crippen LogP contribution is 2.09. The molecule has 2 rings (SSSR count). The predicted molar refractivity (Wildman–Crippen MR) is 50.8 cm³/mol. The lowest BCUT2D eigenvalue weighted by atomic mass is 10.4. The maximum Gasteiger partial charge on any atom is 0.311 e. The molecule has 0 bridgehead atoms. The fourth-order valence-corrected chi connectivity index (χ4v) is 1.41. The second-order valence-corrected chi connectivity index (χ2v) is 3.25. The molecule has 1 aromatic rings. The van der Waals surface area contributed by atoms with Gasteiger partial charge in [-0.1, -0.05) is 0 Å². The van der Waals surface area contributed by atoms with Crippen molar-refractivity contribution in [3.8, 4) is 0 Å². The molecule has 1 aliphatic rings. The number of aromatic nitrogens is 3. The van der Waals surface area contributed by atoms with Gasteiger partial charge >= 0.3 is 5.97 Å². The maximum atomic E-state index is 10.4. The van der Waals surface area contributed by atoms with Crippen LogP contribution in [0.25, 0.3) is 0 Å². The molecule has 2 N–H and O–H groups in total. The van der Waals surface area contributed by atoms with Crippen LogP contribution in [0.15, 0.2) is 0 Å². The van der Waals surface area contributed by atoms with Gasteiger partial charge < -0.3 is 14.7 Å². The first-order valence-corrected chi connectivity index (χ1v) is 4.71. The number of hydrogen-bond donors (Lipinski definition) is 2. The third-order valence-electron chi connectivity index (χ3n) is 2.13. The smallest absolute Gasteiger partial charge is 0.311 e. The quantitative estimate of drug-likeness (QED) is 0.686. The summed E-state index contributed by atoms with van der Waals surface area (Å²) in [6.07, 6.45) is -0.128. The van der Waals surface area contributed by atoms with E-state index in [0.29, 0.717) is 25.0 Å². The number of carboxylic acids is 1.